The van der Waals surface area contributed by atoms with Gasteiger partial charge < -0.3 is 26.6 Å². The molecule has 21 heavy (non-hydrogen) atoms. The topological polar surface area (TPSA) is 142 Å². The van der Waals surface area contributed by atoms with E-state index < -0.39 is 17.7 Å². The van der Waals surface area contributed by atoms with Crippen LogP contribution in [-0.2, 0) is 0 Å². The van der Waals surface area contributed by atoms with Gasteiger partial charge in [-0.05, 0) is 18.2 Å². The molecule has 114 valence electrons. The fourth-order valence-corrected chi connectivity index (χ4v) is 1.58. The van der Waals surface area contributed by atoms with Gasteiger partial charge in [-0.25, -0.2) is 0 Å². The summed E-state index contributed by atoms with van der Waals surface area (Å²) in [4.78, 5) is 34.9. The normalized spacial score (nSPS) is 10.0. The fraction of sp³-hybridized carbons (Fsp3) is 0.308. The first-order chi connectivity index (χ1) is 9.99. The molecule has 0 unspecified atom stereocenters. The Bertz CT molecular complexity index is 506. The van der Waals surface area contributed by atoms with Gasteiger partial charge in [0, 0.05) is 29.8 Å². The Morgan fingerprint density at radius 1 is 0.857 bits per heavy atom. The number of rotatable bonds is 7. The lowest BCUT2D eigenvalue weighted by Gasteiger charge is -2.09. The maximum atomic E-state index is 11.8. The highest BCUT2D eigenvalue weighted by Crippen LogP contribution is 2.11. The minimum atomic E-state index is -0.775. The third-order valence-electron chi connectivity index (χ3n) is 2.54. The van der Waals surface area contributed by atoms with Crippen LogP contribution in [0.5, 0.6) is 0 Å². The zero-order chi connectivity index (χ0) is 15.8. The molecule has 0 aliphatic heterocycles. The summed E-state index contributed by atoms with van der Waals surface area (Å²) >= 11 is 0. The van der Waals surface area contributed by atoms with E-state index in [4.69, 9.17) is 15.9 Å². The number of benzene rings is 1. The third-order valence-corrected chi connectivity index (χ3v) is 2.54. The number of carbonyl (C=O) groups is 3. The molecule has 1 aromatic rings. The number of primary amides is 1. The Labute approximate surface area is 120 Å². The fourth-order valence-electron chi connectivity index (χ4n) is 1.58. The summed E-state index contributed by atoms with van der Waals surface area (Å²) in [5.74, 6) is -1.85. The van der Waals surface area contributed by atoms with E-state index in [2.05, 4.69) is 10.6 Å². The van der Waals surface area contributed by atoms with Crippen LogP contribution in [0.4, 0.5) is 0 Å². The summed E-state index contributed by atoms with van der Waals surface area (Å²) in [7, 11) is 0. The van der Waals surface area contributed by atoms with Crippen molar-refractivity contribution in [1.82, 2.24) is 10.6 Å². The molecule has 0 fully saturated rings. The molecule has 0 aliphatic carbocycles. The van der Waals surface area contributed by atoms with E-state index in [9.17, 15) is 14.4 Å². The molecular weight excluding hydrogens is 278 g/mol. The van der Waals surface area contributed by atoms with E-state index in [0.29, 0.717) is 0 Å². The summed E-state index contributed by atoms with van der Waals surface area (Å²) in [6.45, 7) is -0.368. The molecule has 6 N–H and O–H groups in total. The predicted molar refractivity (Wildman–Crippen MR) is 73.8 cm³/mol. The smallest absolute Gasteiger partial charge is 0.251 e. The quantitative estimate of drug-likeness (QED) is 0.404. The molecule has 0 saturated carbocycles. The van der Waals surface area contributed by atoms with Gasteiger partial charge in [0.15, 0.2) is 0 Å². The lowest BCUT2D eigenvalue weighted by Crippen LogP contribution is -2.29. The van der Waals surface area contributed by atoms with E-state index in [-0.39, 0.29) is 43.0 Å². The van der Waals surface area contributed by atoms with Crippen LogP contribution >= 0.6 is 0 Å². The lowest BCUT2D eigenvalue weighted by atomic mass is 10.0. The molecule has 0 heterocycles. The molecule has 0 atom stereocenters. The maximum absolute atomic E-state index is 11.8. The number of nitrogens with one attached hydrogen (secondary N) is 2. The van der Waals surface area contributed by atoms with Crippen molar-refractivity contribution in [3.8, 4) is 0 Å². The van der Waals surface area contributed by atoms with Crippen LogP contribution in [0.2, 0.25) is 0 Å². The molecule has 3 amide bonds. The van der Waals surface area contributed by atoms with Crippen LogP contribution in [0.25, 0.3) is 0 Å². The van der Waals surface area contributed by atoms with Gasteiger partial charge in [-0.15, -0.1) is 0 Å². The Morgan fingerprint density at radius 3 is 1.57 bits per heavy atom. The van der Waals surface area contributed by atoms with Gasteiger partial charge in [0.1, 0.15) is 0 Å². The second-order valence-corrected chi connectivity index (χ2v) is 4.12. The van der Waals surface area contributed by atoms with Crippen LogP contribution < -0.4 is 16.4 Å². The summed E-state index contributed by atoms with van der Waals surface area (Å²) in [6, 6.07) is 3.82. The SMILES string of the molecule is NC(=O)c1cc(C(=O)NCCO)cc(C(=O)NCCO)c1. The van der Waals surface area contributed by atoms with E-state index in [1.807, 2.05) is 0 Å². The van der Waals surface area contributed by atoms with Crippen molar-refractivity contribution in [2.24, 2.45) is 5.73 Å². The minimum absolute atomic E-state index is 0.0146. The van der Waals surface area contributed by atoms with Gasteiger partial charge in [-0.2, -0.15) is 0 Å². The predicted octanol–water partition coefficient (Wildman–Crippen LogP) is -1.77. The van der Waals surface area contributed by atoms with Crippen molar-refractivity contribution in [1.29, 1.82) is 0 Å². The molecule has 0 saturated heterocycles. The lowest BCUT2D eigenvalue weighted by molar-refractivity contribution is 0.0944. The molecule has 0 bridgehead atoms. The number of aliphatic hydroxyl groups excluding tert-OH is 2. The van der Waals surface area contributed by atoms with Crippen LogP contribution in [-0.4, -0.2) is 54.2 Å². The van der Waals surface area contributed by atoms with Crippen molar-refractivity contribution in [2.45, 2.75) is 0 Å². The van der Waals surface area contributed by atoms with Gasteiger partial charge in [0.25, 0.3) is 11.8 Å². The van der Waals surface area contributed by atoms with E-state index in [1.165, 1.54) is 18.2 Å². The van der Waals surface area contributed by atoms with Crippen LogP contribution in [0.1, 0.15) is 31.1 Å². The van der Waals surface area contributed by atoms with Gasteiger partial charge in [-0.1, -0.05) is 0 Å². The van der Waals surface area contributed by atoms with Crippen molar-refractivity contribution >= 4 is 17.7 Å². The Kier molecular flexibility index (Phi) is 6.31. The standard InChI is InChI=1S/C13H17N3O5/c14-11(19)8-5-9(12(20)15-1-3-17)7-10(6-8)13(21)16-2-4-18/h5-7,17-18H,1-4H2,(H2,14,19)(H,15,20)(H,16,21). The second kappa shape index (κ2) is 7.98. The number of aliphatic hydroxyl groups is 2. The molecule has 0 aromatic heterocycles. The van der Waals surface area contributed by atoms with Crippen LogP contribution in [0.15, 0.2) is 18.2 Å². The Hall–Kier alpha value is -2.45. The molecule has 0 spiro atoms. The molecule has 1 aromatic carbocycles. The highest BCUT2D eigenvalue weighted by Gasteiger charge is 2.14. The van der Waals surface area contributed by atoms with E-state index in [0.717, 1.165) is 0 Å². The summed E-state index contributed by atoms with van der Waals surface area (Å²) in [6.07, 6.45) is 0. The number of hydrogen-bond acceptors (Lipinski definition) is 5. The molecule has 1 rings (SSSR count). The first-order valence-electron chi connectivity index (χ1n) is 6.22. The average molecular weight is 295 g/mol. The monoisotopic (exact) mass is 295 g/mol. The molecular formula is C13H17N3O5. The zero-order valence-electron chi connectivity index (χ0n) is 11.3. The van der Waals surface area contributed by atoms with Gasteiger partial charge in [0.05, 0.1) is 13.2 Å². The number of hydrogen-bond donors (Lipinski definition) is 5. The highest BCUT2D eigenvalue weighted by molar-refractivity contribution is 6.04. The Balaban J connectivity index is 3.08. The van der Waals surface area contributed by atoms with E-state index in [1.54, 1.807) is 0 Å². The number of nitrogens with two attached hydrogens (primary N) is 1. The van der Waals surface area contributed by atoms with Gasteiger partial charge >= 0.3 is 0 Å². The number of carbonyl (C=O) groups excluding carboxylic acids is 3. The zero-order valence-corrected chi connectivity index (χ0v) is 11.3. The second-order valence-electron chi connectivity index (χ2n) is 4.12. The minimum Gasteiger partial charge on any atom is -0.395 e. The van der Waals surface area contributed by atoms with Gasteiger partial charge in [0.2, 0.25) is 5.91 Å². The summed E-state index contributed by atoms with van der Waals surface area (Å²) in [5, 5.41) is 22.2. The molecule has 8 nitrogen and oxygen atoms in total. The highest BCUT2D eigenvalue weighted by atomic mass is 16.3. The molecule has 8 heteroatoms. The first-order valence-corrected chi connectivity index (χ1v) is 6.22. The van der Waals surface area contributed by atoms with Crippen LogP contribution in [0.3, 0.4) is 0 Å². The van der Waals surface area contributed by atoms with E-state index >= 15 is 0 Å². The Morgan fingerprint density at radius 2 is 1.24 bits per heavy atom. The largest absolute Gasteiger partial charge is 0.395 e. The van der Waals surface area contributed by atoms with Crippen molar-refractivity contribution in [3.05, 3.63) is 34.9 Å². The molecule has 0 radical (unpaired) electrons. The summed E-state index contributed by atoms with van der Waals surface area (Å²) < 4.78 is 0. The summed E-state index contributed by atoms with van der Waals surface area (Å²) in [5.41, 5.74) is 5.34. The van der Waals surface area contributed by atoms with Crippen molar-refractivity contribution in [2.75, 3.05) is 26.3 Å². The van der Waals surface area contributed by atoms with Crippen molar-refractivity contribution in [3.63, 3.8) is 0 Å². The molecule has 0 aliphatic rings. The van der Waals surface area contributed by atoms with Crippen LogP contribution in [0, 0.1) is 0 Å². The first kappa shape index (κ1) is 16.6. The number of amides is 3. The average Bonchev–Trinajstić information content (AvgIpc) is 2.49. The van der Waals surface area contributed by atoms with Crippen molar-refractivity contribution < 1.29 is 24.6 Å². The third kappa shape index (κ3) is 4.86. The van der Waals surface area contributed by atoms with Gasteiger partial charge in [-0.3, -0.25) is 14.4 Å². The maximum Gasteiger partial charge on any atom is 0.251 e.